The van der Waals surface area contributed by atoms with E-state index >= 15 is 0 Å². The lowest BCUT2D eigenvalue weighted by atomic mass is 10.1. The van der Waals surface area contributed by atoms with Crippen LogP contribution >= 0.6 is 12.2 Å². The molecule has 0 atom stereocenters. The van der Waals surface area contributed by atoms with Crippen LogP contribution < -0.4 is 15.0 Å². The number of piperidine rings is 1. The van der Waals surface area contributed by atoms with Crippen molar-refractivity contribution in [2.24, 2.45) is 0 Å². The molecule has 3 heterocycles. The number of hydrogen-bond acceptors (Lipinski definition) is 6. The Labute approximate surface area is 180 Å². The van der Waals surface area contributed by atoms with Gasteiger partial charge >= 0.3 is 0 Å². The molecule has 1 N–H and O–H groups in total. The maximum Gasteiger partial charge on any atom is 0.274 e. The molecule has 8 heteroatoms. The van der Waals surface area contributed by atoms with Gasteiger partial charge in [0.2, 0.25) is 5.91 Å². The Morgan fingerprint density at radius 1 is 1.27 bits per heavy atom. The summed E-state index contributed by atoms with van der Waals surface area (Å²) in [4.78, 5) is 33.0. The molecule has 2 aliphatic rings. The standard InChI is InChI=1S/C22H24N4O3S/c1-3-29-17-7-8-18-15(12-17)11-16(20(23-18)25-9-5-4-6-10-25)13-19-21(28)24-22(30)26(19)14(2)27/h7-8,11-13H,3-6,9-10H2,1-2H3,(H,24,28,30). The molecular formula is C22H24N4O3S. The van der Waals surface area contributed by atoms with Crippen molar-refractivity contribution in [3.05, 3.63) is 35.5 Å². The van der Waals surface area contributed by atoms with Crippen molar-refractivity contribution < 1.29 is 14.3 Å². The van der Waals surface area contributed by atoms with Crippen LogP contribution in [0.1, 0.15) is 38.7 Å². The van der Waals surface area contributed by atoms with E-state index in [4.69, 9.17) is 21.9 Å². The molecule has 2 fully saturated rings. The number of amides is 2. The van der Waals surface area contributed by atoms with E-state index in [1.807, 2.05) is 31.2 Å². The molecule has 0 spiro atoms. The number of aromatic nitrogens is 1. The highest BCUT2D eigenvalue weighted by Crippen LogP contribution is 2.31. The summed E-state index contributed by atoms with van der Waals surface area (Å²) in [5.41, 5.74) is 1.85. The Bertz CT molecular complexity index is 1060. The van der Waals surface area contributed by atoms with E-state index in [0.29, 0.717) is 6.61 Å². The Morgan fingerprint density at radius 2 is 2.03 bits per heavy atom. The van der Waals surface area contributed by atoms with E-state index in [-0.39, 0.29) is 22.6 Å². The van der Waals surface area contributed by atoms with E-state index in [9.17, 15) is 9.59 Å². The molecule has 0 radical (unpaired) electrons. The largest absolute Gasteiger partial charge is 0.494 e. The van der Waals surface area contributed by atoms with Gasteiger partial charge in [0.05, 0.1) is 12.1 Å². The normalized spacial score (nSPS) is 18.3. The summed E-state index contributed by atoms with van der Waals surface area (Å²) < 4.78 is 5.63. The number of ether oxygens (including phenoxy) is 1. The average molecular weight is 425 g/mol. The third-order valence-electron chi connectivity index (χ3n) is 5.27. The number of rotatable bonds is 4. The third-order valence-corrected chi connectivity index (χ3v) is 5.55. The fourth-order valence-electron chi connectivity index (χ4n) is 3.90. The highest BCUT2D eigenvalue weighted by atomic mass is 32.1. The van der Waals surface area contributed by atoms with Crippen LogP contribution in [0.3, 0.4) is 0 Å². The molecule has 4 rings (SSSR count). The van der Waals surface area contributed by atoms with Gasteiger partial charge in [-0.05, 0) is 68.7 Å². The quantitative estimate of drug-likeness (QED) is 0.600. The average Bonchev–Trinajstić information content (AvgIpc) is 3.01. The van der Waals surface area contributed by atoms with Gasteiger partial charge in [0.25, 0.3) is 5.91 Å². The molecule has 2 saturated heterocycles. The molecule has 2 amide bonds. The second-order valence-electron chi connectivity index (χ2n) is 7.38. The summed E-state index contributed by atoms with van der Waals surface area (Å²) in [5, 5.41) is 3.56. The lowest BCUT2D eigenvalue weighted by Crippen LogP contribution is -2.31. The first-order valence-electron chi connectivity index (χ1n) is 10.2. The maximum atomic E-state index is 12.5. The number of nitrogens with zero attached hydrogens (tertiary/aromatic N) is 3. The molecule has 2 aromatic rings. The number of pyridine rings is 1. The zero-order valence-electron chi connectivity index (χ0n) is 17.1. The predicted octanol–water partition coefficient (Wildman–Crippen LogP) is 3.23. The molecule has 0 unspecified atom stereocenters. The lowest BCUT2D eigenvalue weighted by Gasteiger charge is -2.29. The number of nitrogens with one attached hydrogen (secondary N) is 1. The van der Waals surface area contributed by atoms with Gasteiger partial charge in [-0.2, -0.15) is 0 Å². The van der Waals surface area contributed by atoms with E-state index in [1.165, 1.54) is 18.2 Å². The Kier molecular flexibility index (Phi) is 5.67. The van der Waals surface area contributed by atoms with Crippen molar-refractivity contribution in [3.8, 4) is 5.75 Å². The van der Waals surface area contributed by atoms with Crippen LogP contribution in [-0.4, -0.2) is 46.5 Å². The van der Waals surface area contributed by atoms with Gasteiger partial charge in [-0.3, -0.25) is 19.8 Å². The van der Waals surface area contributed by atoms with Crippen LogP contribution in [0, 0.1) is 0 Å². The van der Waals surface area contributed by atoms with Crippen LogP contribution in [0.15, 0.2) is 30.0 Å². The molecule has 1 aromatic heterocycles. The minimum Gasteiger partial charge on any atom is -0.494 e. The third kappa shape index (κ3) is 3.87. The number of hydrogen-bond donors (Lipinski definition) is 1. The monoisotopic (exact) mass is 424 g/mol. The fourth-order valence-corrected chi connectivity index (χ4v) is 4.22. The Morgan fingerprint density at radius 3 is 2.73 bits per heavy atom. The van der Waals surface area contributed by atoms with Crippen molar-refractivity contribution in [3.63, 3.8) is 0 Å². The topological polar surface area (TPSA) is 74.8 Å². The number of carbonyl (C=O) groups is 2. The number of anilines is 1. The number of benzene rings is 1. The molecule has 0 saturated carbocycles. The summed E-state index contributed by atoms with van der Waals surface area (Å²) in [6, 6.07) is 7.80. The van der Waals surface area contributed by atoms with Crippen LogP contribution in [0.4, 0.5) is 5.82 Å². The van der Waals surface area contributed by atoms with Gasteiger partial charge < -0.3 is 9.64 Å². The van der Waals surface area contributed by atoms with Crippen LogP contribution in [0.5, 0.6) is 5.75 Å². The van der Waals surface area contributed by atoms with Crippen molar-refractivity contribution in [1.29, 1.82) is 0 Å². The Hall–Kier alpha value is -3.00. The molecular weight excluding hydrogens is 400 g/mol. The summed E-state index contributed by atoms with van der Waals surface area (Å²) in [6.07, 6.45) is 5.11. The molecule has 0 bridgehead atoms. The van der Waals surface area contributed by atoms with Crippen molar-refractivity contribution >= 4 is 51.9 Å². The van der Waals surface area contributed by atoms with E-state index < -0.39 is 0 Å². The van der Waals surface area contributed by atoms with Crippen molar-refractivity contribution in [2.45, 2.75) is 33.1 Å². The SMILES string of the molecule is CCOc1ccc2nc(N3CCCCC3)c(C=C3C(=O)NC(=S)N3C(C)=O)cc2c1. The van der Waals surface area contributed by atoms with Gasteiger partial charge in [0.15, 0.2) is 5.11 Å². The fraction of sp³-hybridized carbons (Fsp3) is 0.364. The summed E-state index contributed by atoms with van der Waals surface area (Å²) in [5.74, 6) is 0.883. The zero-order valence-corrected chi connectivity index (χ0v) is 17.9. The van der Waals surface area contributed by atoms with Crippen molar-refractivity contribution in [1.82, 2.24) is 15.2 Å². The molecule has 7 nitrogen and oxygen atoms in total. The first kappa shape index (κ1) is 20.3. The summed E-state index contributed by atoms with van der Waals surface area (Å²) >= 11 is 5.16. The second kappa shape index (κ2) is 8.39. The number of thiocarbonyl (C=S) groups is 1. The van der Waals surface area contributed by atoms with Crippen molar-refractivity contribution in [2.75, 3.05) is 24.6 Å². The molecule has 2 aliphatic heterocycles. The maximum absolute atomic E-state index is 12.5. The van der Waals surface area contributed by atoms with E-state index in [0.717, 1.165) is 54.0 Å². The first-order chi connectivity index (χ1) is 14.5. The zero-order chi connectivity index (χ0) is 21.3. The van der Waals surface area contributed by atoms with Crippen LogP contribution in [0.2, 0.25) is 0 Å². The van der Waals surface area contributed by atoms with E-state index in [1.54, 1.807) is 6.08 Å². The minimum atomic E-state index is -0.386. The Balaban J connectivity index is 1.87. The predicted molar refractivity (Wildman–Crippen MR) is 120 cm³/mol. The minimum absolute atomic E-state index is 0.102. The van der Waals surface area contributed by atoms with Gasteiger partial charge in [-0.25, -0.2) is 4.98 Å². The molecule has 0 aliphatic carbocycles. The van der Waals surface area contributed by atoms with Crippen LogP contribution in [0.25, 0.3) is 17.0 Å². The highest BCUT2D eigenvalue weighted by Gasteiger charge is 2.33. The highest BCUT2D eigenvalue weighted by molar-refractivity contribution is 7.80. The number of fused-ring (bicyclic) bond motifs is 1. The molecule has 156 valence electrons. The van der Waals surface area contributed by atoms with Gasteiger partial charge in [-0.15, -0.1) is 0 Å². The van der Waals surface area contributed by atoms with Crippen LogP contribution in [-0.2, 0) is 9.59 Å². The van der Waals surface area contributed by atoms with Gasteiger partial charge in [0.1, 0.15) is 17.3 Å². The smallest absolute Gasteiger partial charge is 0.274 e. The number of carbonyl (C=O) groups excluding carboxylic acids is 2. The van der Waals surface area contributed by atoms with Gasteiger partial charge in [0, 0.05) is 31.0 Å². The molecule has 1 aromatic carbocycles. The molecule has 30 heavy (non-hydrogen) atoms. The van der Waals surface area contributed by atoms with E-state index in [2.05, 4.69) is 10.2 Å². The van der Waals surface area contributed by atoms with Gasteiger partial charge in [-0.1, -0.05) is 0 Å². The summed E-state index contributed by atoms with van der Waals surface area (Å²) in [6.45, 7) is 5.72. The second-order valence-corrected chi connectivity index (χ2v) is 7.77. The lowest BCUT2D eigenvalue weighted by molar-refractivity contribution is -0.125. The first-order valence-corrected chi connectivity index (χ1v) is 10.6. The summed E-state index contributed by atoms with van der Waals surface area (Å²) in [7, 11) is 0.